The fraction of sp³-hybridized carbons (Fsp3) is 0.361. The van der Waals surface area contributed by atoms with Crippen LogP contribution in [0.2, 0.25) is 0 Å². The predicted molar refractivity (Wildman–Crippen MR) is 374 cm³/mol. The highest BCUT2D eigenvalue weighted by molar-refractivity contribution is 7.89. The van der Waals surface area contributed by atoms with Crippen molar-refractivity contribution in [2.24, 2.45) is 10.2 Å². The van der Waals surface area contributed by atoms with E-state index in [2.05, 4.69) is 30.9 Å². The molecule has 6 aromatic rings. The van der Waals surface area contributed by atoms with Crippen molar-refractivity contribution in [2.75, 3.05) is 91.0 Å². The van der Waals surface area contributed by atoms with Gasteiger partial charge in [0.15, 0.2) is 0 Å². The number of benzene rings is 6. The zero-order valence-corrected chi connectivity index (χ0v) is 56.4. The molecule has 0 saturated heterocycles. The van der Waals surface area contributed by atoms with Gasteiger partial charge >= 0.3 is 17.9 Å². The standard InChI is InChI=1S/C72H85N11O15S/c1-79(2)57-27-15-55(16-28-57)77-78-56-17-29-62(30-18-56)99(97,98)76-44-40-69(90)83-48-6-5-47-82(68(89)39-43-75-65(86)33-36-72(95)96)60-23-9-52(10-24-60)49-51-7-19-58(20-8-51)80(66(87)37-41-73-63(84)31-34-70(91)92)45-3-4-46-81(67(88)38-42-74-64(85)32-35-71(93)94)59-21-11-53(12-22-59)50-54-13-25-61(83)26-14-54/h7-30,76H,3-6,31-50H2,1-2H3,(H,73,84)(H,74,85)(H,75,86)(H,91,92)(H,93,94)(H,95,96). The smallest absolute Gasteiger partial charge is 0.303 e. The molecule has 8 bridgehead atoms. The Kier molecular flexibility index (Phi) is 29.3. The molecule has 7 aliphatic heterocycles. The Labute approximate surface area is 575 Å². The van der Waals surface area contributed by atoms with E-state index in [4.69, 9.17) is 15.3 Å². The molecule has 0 spiro atoms. The molecule has 0 aromatic heterocycles. The Bertz CT molecular complexity index is 3890. The molecular weight excluding hydrogens is 1290 g/mol. The minimum absolute atomic E-state index is 0.0356. The van der Waals surface area contributed by atoms with Crippen molar-refractivity contribution >= 4 is 109 Å². The number of rotatable bonds is 26. The quantitative estimate of drug-likeness (QED) is 0.0250. The summed E-state index contributed by atoms with van der Waals surface area (Å²) >= 11 is 0. The van der Waals surface area contributed by atoms with Gasteiger partial charge in [-0.3, -0.25) is 47.9 Å². The summed E-state index contributed by atoms with van der Waals surface area (Å²) in [6.45, 7) is 0.447. The maximum absolute atomic E-state index is 14.4. The van der Waals surface area contributed by atoms with Gasteiger partial charge in [-0.05, 0) is 158 Å². The predicted octanol–water partition coefficient (Wildman–Crippen LogP) is 8.44. The van der Waals surface area contributed by atoms with Crippen LogP contribution < -0.4 is 45.2 Å². The van der Waals surface area contributed by atoms with Crippen molar-refractivity contribution in [2.45, 2.75) is 108 Å². The molecule has 13 rings (SSSR count). The molecule has 0 unspecified atom stereocenters. The van der Waals surface area contributed by atoms with Crippen LogP contribution in [0.15, 0.2) is 161 Å². The molecule has 7 N–H and O–H groups in total. The van der Waals surface area contributed by atoms with Crippen molar-refractivity contribution in [3.05, 3.63) is 168 Å². The fourth-order valence-electron chi connectivity index (χ4n) is 10.7. The van der Waals surface area contributed by atoms with Crippen LogP contribution in [0.25, 0.3) is 0 Å². The van der Waals surface area contributed by atoms with E-state index >= 15 is 0 Å². The Morgan fingerprint density at radius 2 is 0.646 bits per heavy atom. The lowest BCUT2D eigenvalue weighted by Crippen LogP contribution is -2.37. The highest BCUT2D eigenvalue weighted by atomic mass is 32.2. The van der Waals surface area contributed by atoms with Crippen molar-refractivity contribution < 1.29 is 71.7 Å². The SMILES string of the molecule is CN(C)c1ccc(N=Nc2ccc(S(=O)(=O)NCCC(=O)N3CCCCN(C(=O)CCNC(=O)CCC(=O)O)c4ccc(cc4)Cc4ccc(cc4)N(C(=O)CCNC(=O)CCC(=O)O)CCCCN(C(=O)CCNC(=O)CCC(=O)O)c4ccc(cc4)Cc4ccc3cc4)cc2)cc1. The van der Waals surface area contributed by atoms with Crippen LogP contribution in [0.3, 0.4) is 0 Å². The second-order valence-electron chi connectivity index (χ2n) is 23.8. The van der Waals surface area contributed by atoms with Gasteiger partial charge < -0.3 is 55.8 Å². The van der Waals surface area contributed by atoms with Gasteiger partial charge in [-0.25, -0.2) is 13.1 Å². The zero-order chi connectivity index (χ0) is 71.3. The minimum Gasteiger partial charge on any atom is -0.481 e. The largest absolute Gasteiger partial charge is 0.481 e. The first kappa shape index (κ1) is 75.7. The average molecular weight is 1380 g/mol. The summed E-state index contributed by atoms with van der Waals surface area (Å²) in [6, 6.07) is 42.8. The molecule has 27 heteroatoms. The number of aliphatic carboxylic acids is 3. The van der Waals surface area contributed by atoms with E-state index in [0.717, 1.165) is 27.9 Å². The summed E-state index contributed by atoms with van der Waals surface area (Å²) in [5.74, 6) is -6.24. The Hall–Kier alpha value is -10.7. The number of hydrogen-bond acceptors (Lipinski definition) is 15. The molecule has 0 fully saturated rings. The van der Waals surface area contributed by atoms with E-state index in [1.807, 2.05) is 128 Å². The number of nitrogens with one attached hydrogen (secondary N) is 4. The maximum atomic E-state index is 14.4. The number of amides is 7. The summed E-state index contributed by atoms with van der Waals surface area (Å²) in [4.78, 5) is 136. The fourth-order valence-corrected chi connectivity index (χ4v) is 11.7. The summed E-state index contributed by atoms with van der Waals surface area (Å²) in [7, 11) is -0.223. The number of hydrogen-bond donors (Lipinski definition) is 7. The van der Waals surface area contributed by atoms with Gasteiger partial charge in [-0.1, -0.05) is 48.5 Å². The number of nitrogens with zero attached hydrogens (tertiary/aromatic N) is 7. The van der Waals surface area contributed by atoms with E-state index in [0.29, 0.717) is 72.6 Å². The van der Waals surface area contributed by atoms with Crippen LogP contribution in [0.5, 0.6) is 0 Å². The summed E-state index contributed by atoms with van der Waals surface area (Å²) in [6.07, 6.45) is 0.137. The molecule has 524 valence electrons. The number of carboxylic acids is 3. The van der Waals surface area contributed by atoms with Crippen LogP contribution in [0.1, 0.15) is 112 Å². The normalized spacial score (nSPS) is 13.2. The van der Waals surface area contributed by atoms with Crippen LogP contribution in [-0.2, 0) is 70.8 Å². The van der Waals surface area contributed by atoms with E-state index in [-0.39, 0.29) is 145 Å². The van der Waals surface area contributed by atoms with Crippen molar-refractivity contribution in [3.63, 3.8) is 0 Å². The molecular formula is C72H85N11O15S. The second kappa shape index (κ2) is 38.3. The molecule has 0 radical (unpaired) electrons. The van der Waals surface area contributed by atoms with Crippen LogP contribution in [0.4, 0.5) is 39.8 Å². The number of anilines is 5. The lowest BCUT2D eigenvalue weighted by molar-refractivity contribution is -0.139. The lowest BCUT2D eigenvalue weighted by Gasteiger charge is -2.26. The maximum Gasteiger partial charge on any atom is 0.303 e. The average Bonchev–Trinajstić information content (AvgIpc) is 0.905. The molecule has 0 atom stereocenters. The van der Waals surface area contributed by atoms with Crippen LogP contribution in [-0.4, -0.2) is 149 Å². The van der Waals surface area contributed by atoms with Gasteiger partial charge in [-0.15, -0.1) is 0 Å². The van der Waals surface area contributed by atoms with Crippen molar-refractivity contribution in [1.29, 1.82) is 0 Å². The molecule has 6 aromatic carbocycles. The first-order chi connectivity index (χ1) is 47.5. The van der Waals surface area contributed by atoms with Gasteiger partial charge in [-0.2, -0.15) is 10.2 Å². The van der Waals surface area contributed by atoms with Gasteiger partial charge in [0.1, 0.15) is 0 Å². The molecule has 99 heavy (non-hydrogen) atoms. The Morgan fingerprint density at radius 3 is 0.919 bits per heavy atom. The topological polar surface area (TPSA) is 355 Å². The number of sulfonamides is 1. The monoisotopic (exact) mass is 1380 g/mol. The molecule has 0 aliphatic carbocycles. The van der Waals surface area contributed by atoms with Crippen LogP contribution >= 0.6 is 0 Å². The van der Waals surface area contributed by atoms with E-state index < -0.39 is 45.7 Å². The zero-order valence-electron chi connectivity index (χ0n) is 55.6. The number of azo groups is 1. The number of carbonyl (C=O) groups is 10. The van der Waals surface area contributed by atoms with Crippen molar-refractivity contribution in [1.82, 2.24) is 20.7 Å². The van der Waals surface area contributed by atoms with Crippen LogP contribution in [0, 0.1) is 0 Å². The van der Waals surface area contributed by atoms with Gasteiger partial charge in [0.25, 0.3) is 0 Å². The minimum atomic E-state index is -4.08. The van der Waals surface area contributed by atoms with E-state index in [1.54, 1.807) is 31.7 Å². The third-order valence-electron chi connectivity index (χ3n) is 16.1. The highest BCUT2D eigenvalue weighted by Crippen LogP contribution is 2.27. The molecule has 7 aliphatic rings. The van der Waals surface area contributed by atoms with E-state index in [1.165, 1.54) is 24.3 Å². The Balaban J connectivity index is 1.14. The molecule has 7 heterocycles. The van der Waals surface area contributed by atoms with Crippen molar-refractivity contribution in [3.8, 4) is 0 Å². The first-order valence-corrected chi connectivity index (χ1v) is 34.3. The number of carboxylic acid groups (broad SMARTS) is 3. The third-order valence-corrected chi connectivity index (χ3v) is 17.6. The van der Waals surface area contributed by atoms with E-state index in [9.17, 15) is 56.4 Å². The second-order valence-corrected chi connectivity index (χ2v) is 25.6. The molecule has 0 saturated carbocycles. The van der Waals surface area contributed by atoms with Gasteiger partial charge in [0.2, 0.25) is 51.4 Å². The molecule has 26 nitrogen and oxygen atoms in total. The van der Waals surface area contributed by atoms with Gasteiger partial charge in [0.05, 0.1) is 35.5 Å². The third kappa shape index (κ3) is 25.4. The summed E-state index contributed by atoms with van der Waals surface area (Å²) in [5.41, 5.74) is 7.78. The Morgan fingerprint density at radius 1 is 0.374 bits per heavy atom. The highest BCUT2D eigenvalue weighted by Gasteiger charge is 2.24. The molecule has 7 amide bonds. The summed E-state index contributed by atoms with van der Waals surface area (Å²) in [5, 5.41) is 43.6. The first-order valence-electron chi connectivity index (χ1n) is 32.8. The summed E-state index contributed by atoms with van der Waals surface area (Å²) < 4.78 is 29.8. The number of carbonyl (C=O) groups excluding carboxylic acids is 7. The lowest BCUT2D eigenvalue weighted by atomic mass is 10.0. The van der Waals surface area contributed by atoms with Gasteiger partial charge in [0, 0.05) is 140 Å².